The number of carbonyl (C=O) groups is 1. The first-order chi connectivity index (χ1) is 21.1. The lowest BCUT2D eigenvalue weighted by atomic mass is 9.95. The molecule has 0 spiro atoms. The van der Waals surface area contributed by atoms with Crippen LogP contribution in [0.5, 0.6) is 11.5 Å². The van der Waals surface area contributed by atoms with Crippen LogP contribution < -0.4 is 29.9 Å². The number of esters is 1. The number of non-ortho nitro benzene ring substituents is 1. The highest BCUT2D eigenvalue weighted by Crippen LogP contribution is 2.38. The third-order valence-electron chi connectivity index (χ3n) is 6.77. The number of H-pyrrole nitrogens is 1. The largest absolute Gasteiger partial charge is 0.463 e. The molecule has 0 saturated heterocycles. The van der Waals surface area contributed by atoms with Gasteiger partial charge < -0.3 is 19.2 Å². The number of nitrogens with zero attached hydrogens (tertiary/aromatic N) is 4. The third-order valence-corrected chi connectivity index (χ3v) is 8.74. The number of allylic oxidation sites excluding steroid dienone is 1. The summed E-state index contributed by atoms with van der Waals surface area (Å²) in [5, 5.41) is 11.9. The van der Waals surface area contributed by atoms with E-state index >= 15 is 0 Å². The Kier molecular flexibility index (Phi) is 7.65. The lowest BCUT2D eigenvalue weighted by Crippen LogP contribution is -2.39. The summed E-state index contributed by atoms with van der Waals surface area (Å²) in [7, 11) is 0. The van der Waals surface area contributed by atoms with Crippen LogP contribution >= 0.6 is 23.1 Å². The molecule has 2 aliphatic rings. The van der Waals surface area contributed by atoms with Crippen molar-refractivity contribution >= 4 is 40.8 Å². The molecule has 0 fully saturated rings. The van der Waals surface area contributed by atoms with Crippen LogP contribution in [0.3, 0.4) is 0 Å². The van der Waals surface area contributed by atoms with Crippen molar-refractivity contribution in [2.45, 2.75) is 36.9 Å². The van der Waals surface area contributed by atoms with E-state index in [0.717, 1.165) is 23.1 Å². The van der Waals surface area contributed by atoms with E-state index in [0.29, 0.717) is 43.7 Å². The number of aryl methyl sites for hydroxylation is 1. The Morgan fingerprint density at radius 3 is 2.75 bits per heavy atom. The number of rotatable bonds is 7. The van der Waals surface area contributed by atoms with Gasteiger partial charge in [0, 0.05) is 28.8 Å². The predicted octanol–water partition coefficient (Wildman–Crippen LogP) is 2.98. The fraction of sp³-hybridized carbons (Fsp3) is 0.207. The zero-order valence-electron chi connectivity index (χ0n) is 23.5. The van der Waals surface area contributed by atoms with Gasteiger partial charge in [0.25, 0.3) is 16.8 Å². The molecule has 0 saturated carbocycles. The number of fused-ring (bicyclic) bond motifs is 2. The molecule has 2 aliphatic heterocycles. The number of ether oxygens (including phenoxy) is 3. The number of nitro groups is 1. The molecule has 13 nitrogen and oxygen atoms in total. The molecule has 4 aromatic rings. The van der Waals surface area contributed by atoms with Gasteiger partial charge in [-0.3, -0.25) is 24.3 Å². The molecule has 1 N–H and O–H groups in total. The van der Waals surface area contributed by atoms with Crippen molar-refractivity contribution in [2.75, 3.05) is 13.4 Å². The molecular formula is C29H23N5O8S2. The first-order valence-electron chi connectivity index (χ1n) is 13.3. The highest BCUT2D eigenvalue weighted by molar-refractivity contribution is 7.99. The van der Waals surface area contributed by atoms with Crippen LogP contribution in [0, 0.1) is 17.0 Å². The first-order valence-corrected chi connectivity index (χ1v) is 14.9. The van der Waals surface area contributed by atoms with Gasteiger partial charge in [0.15, 0.2) is 21.5 Å². The van der Waals surface area contributed by atoms with Gasteiger partial charge in [-0.05, 0) is 56.2 Å². The Hall–Kier alpha value is -5.02. The molecule has 0 aliphatic carbocycles. The molecule has 1 atom stereocenters. The molecule has 2 aromatic carbocycles. The van der Waals surface area contributed by atoms with E-state index in [1.54, 1.807) is 39.0 Å². The van der Waals surface area contributed by atoms with Crippen molar-refractivity contribution in [3.05, 3.63) is 111 Å². The van der Waals surface area contributed by atoms with Gasteiger partial charge >= 0.3 is 5.97 Å². The molecule has 224 valence electrons. The summed E-state index contributed by atoms with van der Waals surface area (Å²) in [6.45, 7) is 5.22. The number of aromatic amines is 1. The number of nitrogens with one attached hydrogen (secondary N) is 1. The smallest absolute Gasteiger partial charge is 0.338 e. The lowest BCUT2D eigenvalue weighted by Gasteiger charge is -2.24. The normalized spacial score (nSPS) is 15.6. The molecule has 44 heavy (non-hydrogen) atoms. The highest BCUT2D eigenvalue weighted by atomic mass is 32.2. The molecular weight excluding hydrogens is 610 g/mol. The Morgan fingerprint density at radius 2 is 2.00 bits per heavy atom. The van der Waals surface area contributed by atoms with Gasteiger partial charge in [-0.2, -0.15) is 0 Å². The minimum atomic E-state index is -0.887. The molecule has 4 heterocycles. The molecule has 0 bridgehead atoms. The van der Waals surface area contributed by atoms with Crippen LogP contribution in [0.25, 0.3) is 6.08 Å². The number of hydrogen-bond acceptors (Lipinski definition) is 12. The Labute approximate surface area is 256 Å². The van der Waals surface area contributed by atoms with Crippen molar-refractivity contribution in [3.8, 4) is 11.5 Å². The number of hydrogen-bond donors (Lipinski definition) is 1. The average molecular weight is 634 g/mol. The zero-order chi connectivity index (χ0) is 31.1. The van der Waals surface area contributed by atoms with Crippen molar-refractivity contribution in [1.29, 1.82) is 0 Å². The molecule has 6 rings (SSSR count). The summed E-state index contributed by atoms with van der Waals surface area (Å²) in [4.78, 5) is 62.8. The summed E-state index contributed by atoms with van der Waals surface area (Å²) < 4.78 is 18.0. The predicted molar refractivity (Wildman–Crippen MR) is 160 cm³/mol. The second-order valence-electron chi connectivity index (χ2n) is 9.69. The first kappa shape index (κ1) is 29.1. The van der Waals surface area contributed by atoms with Crippen LogP contribution in [-0.4, -0.2) is 38.8 Å². The Balaban J connectivity index is 1.53. The van der Waals surface area contributed by atoms with Gasteiger partial charge in [0.05, 0.1) is 33.4 Å². The van der Waals surface area contributed by atoms with E-state index in [1.807, 2.05) is 0 Å². The minimum absolute atomic E-state index is 0.0522. The number of carbonyl (C=O) groups excluding carboxylic acids is 1. The van der Waals surface area contributed by atoms with Crippen molar-refractivity contribution < 1.29 is 23.9 Å². The molecule has 0 radical (unpaired) electrons. The topological polar surface area (TPSA) is 168 Å². The van der Waals surface area contributed by atoms with E-state index in [1.165, 1.54) is 34.9 Å². The third kappa shape index (κ3) is 5.42. The number of benzene rings is 2. The van der Waals surface area contributed by atoms with E-state index in [4.69, 9.17) is 14.2 Å². The minimum Gasteiger partial charge on any atom is -0.463 e. The quantitative estimate of drug-likeness (QED) is 0.138. The maximum Gasteiger partial charge on any atom is 0.338 e. The molecule has 15 heteroatoms. The Morgan fingerprint density at radius 1 is 1.20 bits per heavy atom. The van der Waals surface area contributed by atoms with Crippen LogP contribution in [0.4, 0.5) is 5.69 Å². The maximum atomic E-state index is 14.1. The van der Waals surface area contributed by atoms with E-state index in [9.17, 15) is 24.5 Å². The van der Waals surface area contributed by atoms with E-state index in [2.05, 4.69) is 15.0 Å². The SMILES string of the molecule is CCOC(=O)C1=C(C)N=c2s/c(=C/c3cc([N+](=O)[O-])ccc3Sc3nc(C)cc(=O)[nH]3)c(=O)n2[C@@H]1c1ccc2c(c1)OCO2. The second-order valence-corrected chi connectivity index (χ2v) is 11.7. The summed E-state index contributed by atoms with van der Waals surface area (Å²) >= 11 is 2.18. The van der Waals surface area contributed by atoms with Gasteiger partial charge in [-0.25, -0.2) is 14.8 Å². The monoisotopic (exact) mass is 633 g/mol. The van der Waals surface area contributed by atoms with E-state index < -0.39 is 22.5 Å². The van der Waals surface area contributed by atoms with Gasteiger partial charge in [-0.15, -0.1) is 0 Å². The van der Waals surface area contributed by atoms with Gasteiger partial charge in [0.1, 0.15) is 0 Å². The number of nitro benzene ring substituents is 1. The molecule has 0 unspecified atom stereocenters. The van der Waals surface area contributed by atoms with Crippen molar-refractivity contribution in [1.82, 2.24) is 14.5 Å². The summed E-state index contributed by atoms with van der Waals surface area (Å²) in [5.74, 6) is 0.408. The second kappa shape index (κ2) is 11.6. The standard InChI is InChI=1S/C29H23N5O8S2/c1-4-40-27(37)24-15(3)31-29-33(25(24)16-5-7-19-20(11-16)42-13-41-19)26(36)22(44-29)12-17-10-18(34(38)39)6-8-21(17)43-28-30-14(2)9-23(35)32-28/h5-12,25H,4,13H2,1-3H3,(H,30,32,35)/b22-12+/t25-/m1/s1. The van der Waals surface area contributed by atoms with Crippen LogP contribution in [0.15, 0.2) is 78.4 Å². The number of aromatic nitrogens is 3. The highest BCUT2D eigenvalue weighted by Gasteiger charge is 2.34. The molecule has 2 aromatic heterocycles. The maximum absolute atomic E-state index is 14.1. The average Bonchev–Trinajstić information content (AvgIpc) is 3.56. The van der Waals surface area contributed by atoms with Crippen molar-refractivity contribution in [2.24, 2.45) is 4.99 Å². The summed E-state index contributed by atoms with van der Waals surface area (Å²) in [5.41, 5.74) is 1.05. The summed E-state index contributed by atoms with van der Waals surface area (Å²) in [6, 6.07) is 9.86. The fourth-order valence-electron chi connectivity index (χ4n) is 4.89. The summed E-state index contributed by atoms with van der Waals surface area (Å²) in [6.07, 6.45) is 1.53. The van der Waals surface area contributed by atoms with Crippen LogP contribution in [-0.2, 0) is 9.53 Å². The number of thiazole rings is 1. The molecule has 0 amide bonds. The lowest BCUT2D eigenvalue weighted by molar-refractivity contribution is -0.384. The Bertz CT molecular complexity index is 2130. The van der Waals surface area contributed by atoms with Crippen LogP contribution in [0.1, 0.15) is 36.7 Å². The van der Waals surface area contributed by atoms with Gasteiger partial charge in [-0.1, -0.05) is 29.2 Å². The van der Waals surface area contributed by atoms with Crippen LogP contribution in [0.2, 0.25) is 0 Å². The van der Waals surface area contributed by atoms with Gasteiger partial charge in [0.2, 0.25) is 6.79 Å². The fourth-order valence-corrected chi connectivity index (χ4v) is 6.85. The van der Waals surface area contributed by atoms with Crippen molar-refractivity contribution in [3.63, 3.8) is 0 Å². The van der Waals surface area contributed by atoms with E-state index in [-0.39, 0.29) is 39.9 Å². The zero-order valence-corrected chi connectivity index (χ0v) is 25.1.